The van der Waals surface area contributed by atoms with Crippen LogP contribution >= 0.6 is 12.4 Å². The van der Waals surface area contributed by atoms with Crippen molar-refractivity contribution in [1.29, 1.82) is 0 Å². The molecule has 1 atom stereocenters. The minimum atomic E-state index is -0.936. The molecule has 5 nitrogen and oxygen atoms in total. The molecule has 1 rings (SSSR count). The number of aliphatic carboxylic acids is 1. The van der Waals surface area contributed by atoms with Gasteiger partial charge in [-0.05, 0) is 26.5 Å². The summed E-state index contributed by atoms with van der Waals surface area (Å²) in [5.41, 5.74) is 2.17. The predicted octanol–water partition coefficient (Wildman–Crippen LogP) is 1.44. The largest absolute Gasteiger partial charge is 0.480 e. The van der Waals surface area contributed by atoms with Crippen molar-refractivity contribution in [2.24, 2.45) is 0 Å². The molecule has 0 saturated heterocycles. The molecule has 6 heteroatoms. The number of nitrogens with one attached hydrogen (secondary N) is 1. The van der Waals surface area contributed by atoms with Crippen molar-refractivity contribution in [2.75, 3.05) is 13.6 Å². The molecule has 0 aliphatic carbocycles. The van der Waals surface area contributed by atoms with Crippen LogP contribution in [-0.2, 0) is 16.1 Å². The SMILES string of the molecule is Cc1cccc(CNC(=O)CN(C)C(C)C(=O)O)c1.Cl. The normalized spacial score (nSPS) is 11.6. The Hall–Kier alpha value is -1.59. The highest BCUT2D eigenvalue weighted by Crippen LogP contribution is 2.03. The molecule has 0 spiro atoms. The van der Waals surface area contributed by atoms with E-state index in [9.17, 15) is 9.59 Å². The van der Waals surface area contributed by atoms with E-state index in [2.05, 4.69) is 5.32 Å². The number of likely N-dealkylation sites (N-methyl/N-ethyl adjacent to an activating group) is 1. The lowest BCUT2D eigenvalue weighted by Gasteiger charge is -2.20. The summed E-state index contributed by atoms with van der Waals surface area (Å²) in [6.07, 6.45) is 0. The van der Waals surface area contributed by atoms with E-state index < -0.39 is 12.0 Å². The molecule has 1 aromatic rings. The zero-order valence-corrected chi connectivity index (χ0v) is 12.7. The van der Waals surface area contributed by atoms with Crippen LogP contribution in [-0.4, -0.2) is 41.5 Å². The zero-order chi connectivity index (χ0) is 14.4. The number of amides is 1. The van der Waals surface area contributed by atoms with E-state index in [1.54, 1.807) is 14.0 Å². The summed E-state index contributed by atoms with van der Waals surface area (Å²) in [7, 11) is 1.62. The van der Waals surface area contributed by atoms with E-state index in [1.807, 2.05) is 31.2 Å². The zero-order valence-electron chi connectivity index (χ0n) is 11.9. The number of benzene rings is 1. The minimum Gasteiger partial charge on any atom is -0.480 e. The Morgan fingerprint density at radius 3 is 2.60 bits per heavy atom. The Morgan fingerprint density at radius 1 is 1.40 bits per heavy atom. The smallest absolute Gasteiger partial charge is 0.320 e. The number of carbonyl (C=O) groups excluding carboxylic acids is 1. The first-order valence-corrected chi connectivity index (χ1v) is 6.15. The van der Waals surface area contributed by atoms with E-state index in [0.29, 0.717) is 6.54 Å². The number of halogens is 1. The van der Waals surface area contributed by atoms with E-state index in [0.717, 1.165) is 11.1 Å². The highest BCUT2D eigenvalue weighted by Gasteiger charge is 2.18. The molecule has 20 heavy (non-hydrogen) atoms. The van der Waals surface area contributed by atoms with Gasteiger partial charge in [-0.2, -0.15) is 0 Å². The lowest BCUT2D eigenvalue weighted by Crippen LogP contribution is -2.42. The molecule has 1 unspecified atom stereocenters. The monoisotopic (exact) mass is 300 g/mol. The number of aryl methyl sites for hydroxylation is 1. The van der Waals surface area contributed by atoms with Crippen molar-refractivity contribution in [3.8, 4) is 0 Å². The van der Waals surface area contributed by atoms with E-state index in [4.69, 9.17) is 5.11 Å². The Bertz CT molecular complexity index is 465. The molecular weight excluding hydrogens is 280 g/mol. The summed E-state index contributed by atoms with van der Waals surface area (Å²) < 4.78 is 0. The molecule has 0 aliphatic heterocycles. The molecule has 0 saturated carbocycles. The second kappa shape index (κ2) is 8.55. The molecule has 0 heterocycles. The van der Waals surface area contributed by atoms with Crippen molar-refractivity contribution in [3.05, 3.63) is 35.4 Å². The van der Waals surface area contributed by atoms with E-state index >= 15 is 0 Å². The van der Waals surface area contributed by atoms with E-state index in [-0.39, 0.29) is 24.9 Å². The first-order valence-electron chi connectivity index (χ1n) is 6.15. The molecule has 0 aliphatic rings. The first-order chi connectivity index (χ1) is 8.90. The lowest BCUT2D eigenvalue weighted by atomic mass is 10.1. The number of hydrogen-bond donors (Lipinski definition) is 2. The van der Waals surface area contributed by atoms with Crippen LogP contribution in [0.25, 0.3) is 0 Å². The van der Waals surface area contributed by atoms with Gasteiger partial charge in [-0.1, -0.05) is 29.8 Å². The first kappa shape index (κ1) is 18.4. The van der Waals surface area contributed by atoms with Gasteiger partial charge in [-0.25, -0.2) is 0 Å². The highest BCUT2D eigenvalue weighted by molar-refractivity contribution is 5.85. The van der Waals surface area contributed by atoms with Gasteiger partial charge in [0.25, 0.3) is 0 Å². The Balaban J connectivity index is 0.00000361. The van der Waals surface area contributed by atoms with Gasteiger partial charge in [0, 0.05) is 6.54 Å². The number of carboxylic acid groups (broad SMARTS) is 1. The molecule has 1 aromatic carbocycles. The standard InChI is InChI=1S/C14H20N2O3.ClH/c1-10-5-4-6-12(7-10)8-15-13(17)9-16(3)11(2)14(18)19;/h4-7,11H,8-9H2,1-3H3,(H,15,17)(H,18,19);1H. The van der Waals surface area contributed by atoms with Crippen molar-refractivity contribution in [1.82, 2.24) is 10.2 Å². The van der Waals surface area contributed by atoms with Crippen molar-refractivity contribution >= 4 is 24.3 Å². The van der Waals surface area contributed by atoms with Crippen LogP contribution in [0.1, 0.15) is 18.1 Å². The summed E-state index contributed by atoms with van der Waals surface area (Å²) in [4.78, 5) is 24.0. The molecule has 0 fully saturated rings. The van der Waals surface area contributed by atoms with Gasteiger partial charge in [-0.3, -0.25) is 14.5 Å². The molecule has 0 radical (unpaired) electrons. The van der Waals surface area contributed by atoms with Gasteiger partial charge in [-0.15, -0.1) is 12.4 Å². The van der Waals surface area contributed by atoms with Gasteiger partial charge in [0.2, 0.25) is 5.91 Å². The van der Waals surface area contributed by atoms with Gasteiger partial charge >= 0.3 is 5.97 Å². The number of carboxylic acids is 1. The third-order valence-electron chi connectivity index (χ3n) is 2.98. The van der Waals surface area contributed by atoms with Gasteiger partial charge < -0.3 is 10.4 Å². The summed E-state index contributed by atoms with van der Waals surface area (Å²) in [5.74, 6) is -1.12. The average Bonchev–Trinajstić information content (AvgIpc) is 2.35. The lowest BCUT2D eigenvalue weighted by molar-refractivity contribution is -0.142. The molecule has 0 bridgehead atoms. The Morgan fingerprint density at radius 2 is 2.05 bits per heavy atom. The summed E-state index contributed by atoms with van der Waals surface area (Å²) in [6.45, 7) is 4.07. The van der Waals surface area contributed by atoms with E-state index in [1.165, 1.54) is 4.90 Å². The predicted molar refractivity (Wildman–Crippen MR) is 80.0 cm³/mol. The molecule has 0 aromatic heterocycles. The maximum atomic E-state index is 11.7. The fourth-order valence-corrected chi connectivity index (χ4v) is 1.63. The second-order valence-corrected chi connectivity index (χ2v) is 4.70. The van der Waals surface area contributed by atoms with Crippen molar-refractivity contribution < 1.29 is 14.7 Å². The topological polar surface area (TPSA) is 69.6 Å². The third kappa shape index (κ3) is 6.04. The molecule has 2 N–H and O–H groups in total. The third-order valence-corrected chi connectivity index (χ3v) is 2.98. The molecule has 112 valence electrons. The average molecular weight is 301 g/mol. The minimum absolute atomic E-state index is 0. The van der Waals surface area contributed by atoms with Crippen molar-refractivity contribution in [2.45, 2.75) is 26.4 Å². The second-order valence-electron chi connectivity index (χ2n) is 4.70. The maximum Gasteiger partial charge on any atom is 0.320 e. The quantitative estimate of drug-likeness (QED) is 0.834. The Labute approximate surface area is 125 Å². The van der Waals surface area contributed by atoms with Gasteiger partial charge in [0.1, 0.15) is 6.04 Å². The Kier molecular flexibility index (Phi) is 7.87. The van der Waals surface area contributed by atoms with Crippen LogP contribution in [0.15, 0.2) is 24.3 Å². The number of rotatable bonds is 6. The highest BCUT2D eigenvalue weighted by atomic mass is 35.5. The van der Waals surface area contributed by atoms with Gasteiger partial charge in [0.05, 0.1) is 6.54 Å². The summed E-state index contributed by atoms with van der Waals surface area (Å²) in [5, 5.41) is 11.6. The van der Waals surface area contributed by atoms with Gasteiger partial charge in [0.15, 0.2) is 0 Å². The fraction of sp³-hybridized carbons (Fsp3) is 0.429. The summed E-state index contributed by atoms with van der Waals surface area (Å²) in [6, 6.07) is 7.20. The molecular formula is C14H21ClN2O3. The van der Waals surface area contributed by atoms with Crippen LogP contribution < -0.4 is 5.32 Å². The van der Waals surface area contributed by atoms with Crippen LogP contribution in [0.4, 0.5) is 0 Å². The van der Waals surface area contributed by atoms with Crippen LogP contribution in [0.3, 0.4) is 0 Å². The fourth-order valence-electron chi connectivity index (χ4n) is 1.63. The number of carbonyl (C=O) groups is 2. The number of hydrogen-bond acceptors (Lipinski definition) is 3. The van der Waals surface area contributed by atoms with Crippen LogP contribution in [0.5, 0.6) is 0 Å². The maximum absolute atomic E-state index is 11.7. The van der Waals surface area contributed by atoms with Crippen LogP contribution in [0.2, 0.25) is 0 Å². The van der Waals surface area contributed by atoms with Crippen molar-refractivity contribution in [3.63, 3.8) is 0 Å². The van der Waals surface area contributed by atoms with Crippen LogP contribution in [0, 0.1) is 6.92 Å². The molecule has 1 amide bonds. The summed E-state index contributed by atoms with van der Waals surface area (Å²) >= 11 is 0. The number of nitrogens with zero attached hydrogens (tertiary/aromatic N) is 1.